The summed E-state index contributed by atoms with van der Waals surface area (Å²) in [5.74, 6) is 0. The zero-order valence-electron chi connectivity index (χ0n) is 29.8. The smallest absolute Gasteiger partial charge is 0.00261 e. The largest absolute Gasteiger partial charge is 0.0622 e. The summed E-state index contributed by atoms with van der Waals surface area (Å²) in [4.78, 5) is 0. The predicted molar refractivity (Wildman–Crippen MR) is 232 cm³/mol. The molecule has 0 saturated heterocycles. The van der Waals surface area contributed by atoms with Crippen LogP contribution < -0.4 is 0 Å². The van der Waals surface area contributed by atoms with E-state index in [2.05, 4.69) is 218 Å². The molecule has 54 heavy (non-hydrogen) atoms. The third-order valence-corrected chi connectivity index (χ3v) is 10.9. The summed E-state index contributed by atoms with van der Waals surface area (Å²) in [5, 5.41) is 7.53. The molecule has 0 aliphatic rings. The van der Waals surface area contributed by atoms with Crippen molar-refractivity contribution >= 4 is 32.3 Å². The van der Waals surface area contributed by atoms with E-state index in [1.807, 2.05) is 0 Å². The van der Waals surface area contributed by atoms with E-state index in [4.69, 9.17) is 0 Å². The summed E-state index contributed by atoms with van der Waals surface area (Å²) in [6.45, 7) is 0. The molecule has 0 amide bonds. The van der Waals surface area contributed by atoms with Crippen LogP contribution in [0.15, 0.2) is 218 Å². The van der Waals surface area contributed by atoms with Crippen molar-refractivity contribution < 1.29 is 0 Å². The molecule has 0 atom stereocenters. The molecule has 0 spiro atoms. The van der Waals surface area contributed by atoms with Gasteiger partial charge in [0.2, 0.25) is 0 Å². The van der Waals surface area contributed by atoms with Gasteiger partial charge in [0.15, 0.2) is 0 Å². The Morgan fingerprint density at radius 2 is 0.519 bits per heavy atom. The second kappa shape index (κ2) is 13.5. The normalized spacial score (nSPS) is 11.3. The highest BCUT2D eigenvalue weighted by Crippen LogP contribution is 2.46. The molecule has 10 aromatic rings. The molecule has 0 fully saturated rings. The summed E-state index contributed by atoms with van der Waals surface area (Å²) in [6, 6.07) is 79.7. The number of hydrogen-bond donors (Lipinski definition) is 0. The average Bonchev–Trinajstić information content (AvgIpc) is 3.26. The molecule has 0 bridgehead atoms. The molecule has 0 aliphatic heterocycles. The van der Waals surface area contributed by atoms with Crippen molar-refractivity contribution in [2.24, 2.45) is 0 Å². The molecule has 0 N–H and O–H groups in total. The highest BCUT2D eigenvalue weighted by atomic mass is 14.2. The molecule has 0 unspecified atom stereocenters. The zero-order valence-corrected chi connectivity index (χ0v) is 29.8. The fourth-order valence-corrected chi connectivity index (χ4v) is 8.31. The van der Waals surface area contributed by atoms with E-state index in [-0.39, 0.29) is 0 Å². The van der Waals surface area contributed by atoms with E-state index in [0.29, 0.717) is 0 Å². The lowest BCUT2D eigenvalue weighted by Crippen LogP contribution is -1.92. The molecule has 0 heteroatoms. The first-order valence-electron chi connectivity index (χ1n) is 18.7. The van der Waals surface area contributed by atoms with E-state index < -0.39 is 0 Å². The second-order valence-corrected chi connectivity index (χ2v) is 14.0. The molecular formula is C54H36. The summed E-state index contributed by atoms with van der Waals surface area (Å²) < 4.78 is 0. The van der Waals surface area contributed by atoms with Crippen LogP contribution in [-0.4, -0.2) is 0 Å². The van der Waals surface area contributed by atoms with Gasteiger partial charge in [-0.1, -0.05) is 212 Å². The van der Waals surface area contributed by atoms with E-state index in [1.54, 1.807) is 0 Å². The number of rotatable bonds is 6. The topological polar surface area (TPSA) is 0 Å². The van der Waals surface area contributed by atoms with Crippen molar-refractivity contribution in [1.29, 1.82) is 0 Å². The van der Waals surface area contributed by atoms with Crippen LogP contribution in [-0.2, 0) is 0 Å². The van der Waals surface area contributed by atoms with Crippen molar-refractivity contribution in [1.82, 2.24) is 0 Å². The molecule has 0 heterocycles. The van der Waals surface area contributed by atoms with Gasteiger partial charge in [-0.05, 0) is 105 Å². The Hall–Kier alpha value is -7.02. The minimum Gasteiger partial charge on any atom is -0.0622 e. The lowest BCUT2D eigenvalue weighted by molar-refractivity contribution is 1.58. The maximum Gasteiger partial charge on any atom is -0.00261 e. The van der Waals surface area contributed by atoms with Gasteiger partial charge in [-0.2, -0.15) is 0 Å². The molecule has 10 aromatic carbocycles. The van der Waals surface area contributed by atoms with Crippen LogP contribution >= 0.6 is 0 Å². The first-order chi connectivity index (χ1) is 26.8. The fourth-order valence-electron chi connectivity index (χ4n) is 8.31. The fraction of sp³-hybridized carbons (Fsp3) is 0. The lowest BCUT2D eigenvalue weighted by atomic mass is 9.84. The van der Waals surface area contributed by atoms with Crippen molar-refractivity contribution in [2.45, 2.75) is 0 Å². The van der Waals surface area contributed by atoms with Crippen LogP contribution in [0.4, 0.5) is 0 Å². The van der Waals surface area contributed by atoms with Gasteiger partial charge in [0, 0.05) is 0 Å². The van der Waals surface area contributed by atoms with Crippen LogP contribution in [0.1, 0.15) is 0 Å². The van der Waals surface area contributed by atoms with Crippen LogP contribution in [0, 0.1) is 0 Å². The van der Waals surface area contributed by atoms with Gasteiger partial charge in [-0.3, -0.25) is 0 Å². The third-order valence-electron chi connectivity index (χ3n) is 10.9. The quantitative estimate of drug-likeness (QED) is 0.153. The van der Waals surface area contributed by atoms with Gasteiger partial charge in [0.25, 0.3) is 0 Å². The minimum absolute atomic E-state index is 1.20. The summed E-state index contributed by atoms with van der Waals surface area (Å²) in [5.41, 5.74) is 14.8. The Balaban J connectivity index is 1.16. The van der Waals surface area contributed by atoms with Gasteiger partial charge >= 0.3 is 0 Å². The number of hydrogen-bond acceptors (Lipinski definition) is 0. The molecule has 0 aliphatic carbocycles. The van der Waals surface area contributed by atoms with E-state index in [1.165, 1.54) is 99.1 Å². The summed E-state index contributed by atoms with van der Waals surface area (Å²) >= 11 is 0. The van der Waals surface area contributed by atoms with Crippen molar-refractivity contribution in [3.63, 3.8) is 0 Å². The van der Waals surface area contributed by atoms with Crippen molar-refractivity contribution in [2.75, 3.05) is 0 Å². The Bertz CT molecular complexity index is 2870. The molecule has 0 radical (unpaired) electrons. The van der Waals surface area contributed by atoms with Crippen LogP contribution in [0.25, 0.3) is 99.1 Å². The Kier molecular flexibility index (Phi) is 7.93. The molecule has 10 rings (SSSR count). The Morgan fingerprint density at radius 1 is 0.185 bits per heavy atom. The maximum atomic E-state index is 2.43. The van der Waals surface area contributed by atoms with Gasteiger partial charge in [-0.25, -0.2) is 0 Å². The van der Waals surface area contributed by atoms with Gasteiger partial charge in [0.05, 0.1) is 0 Å². The maximum absolute atomic E-state index is 2.43. The second-order valence-electron chi connectivity index (χ2n) is 14.0. The first kappa shape index (κ1) is 31.7. The monoisotopic (exact) mass is 684 g/mol. The van der Waals surface area contributed by atoms with Crippen LogP contribution in [0.5, 0.6) is 0 Å². The molecular weight excluding hydrogens is 649 g/mol. The van der Waals surface area contributed by atoms with Gasteiger partial charge in [-0.15, -0.1) is 0 Å². The standard InChI is InChI=1S/C54H36/c1-4-14-37(15-5-1)38-24-26-39(27-25-38)40-28-31-44(32-29-40)52-46(41-16-6-2-7-17-41)35-34-42-30-33-45(36-51(42)52)54-49-22-12-10-20-47(49)53(43-18-8-3-9-19-43)48-21-11-13-23-50(48)54/h1-36H. The highest BCUT2D eigenvalue weighted by molar-refractivity contribution is 6.22. The first-order valence-corrected chi connectivity index (χ1v) is 18.7. The molecule has 0 saturated carbocycles. The number of benzene rings is 10. The molecule has 0 aromatic heterocycles. The van der Waals surface area contributed by atoms with Crippen molar-refractivity contribution in [3.05, 3.63) is 218 Å². The van der Waals surface area contributed by atoms with E-state index >= 15 is 0 Å². The van der Waals surface area contributed by atoms with Crippen molar-refractivity contribution in [3.8, 4) is 66.8 Å². The lowest BCUT2D eigenvalue weighted by Gasteiger charge is -2.19. The van der Waals surface area contributed by atoms with E-state index in [0.717, 1.165) is 0 Å². The van der Waals surface area contributed by atoms with E-state index in [9.17, 15) is 0 Å². The highest BCUT2D eigenvalue weighted by Gasteiger charge is 2.18. The van der Waals surface area contributed by atoms with Gasteiger partial charge in [0.1, 0.15) is 0 Å². The minimum atomic E-state index is 1.20. The SMILES string of the molecule is c1ccc(-c2ccc(-c3ccc(-c4c(-c5ccccc5)ccc5ccc(-c6c7ccccc7c(-c7ccccc7)c7ccccc67)cc45)cc3)cc2)cc1. The summed E-state index contributed by atoms with van der Waals surface area (Å²) in [7, 11) is 0. The predicted octanol–water partition coefficient (Wildman–Crippen LogP) is 15.1. The molecule has 252 valence electrons. The summed E-state index contributed by atoms with van der Waals surface area (Å²) in [6.07, 6.45) is 0. The average molecular weight is 685 g/mol. The molecule has 0 nitrogen and oxygen atoms in total. The Morgan fingerprint density at radius 3 is 1.02 bits per heavy atom. The van der Waals surface area contributed by atoms with Crippen LogP contribution in [0.2, 0.25) is 0 Å². The zero-order chi connectivity index (χ0) is 35.8. The number of fused-ring (bicyclic) bond motifs is 3. The third kappa shape index (κ3) is 5.57. The Labute approximate surface area is 316 Å². The van der Waals surface area contributed by atoms with Gasteiger partial charge < -0.3 is 0 Å². The van der Waals surface area contributed by atoms with Crippen LogP contribution in [0.3, 0.4) is 0 Å².